The lowest BCUT2D eigenvalue weighted by atomic mass is 10.1. The van der Waals surface area contributed by atoms with Crippen molar-refractivity contribution in [3.63, 3.8) is 0 Å². The van der Waals surface area contributed by atoms with Gasteiger partial charge in [0, 0.05) is 47.1 Å². The number of aryl methyl sites for hydroxylation is 1. The Morgan fingerprint density at radius 3 is 2.60 bits per heavy atom. The van der Waals surface area contributed by atoms with Crippen molar-refractivity contribution in [2.24, 2.45) is 0 Å². The molecule has 1 fully saturated rings. The first-order valence-corrected chi connectivity index (χ1v) is 14.1. The Balaban J connectivity index is 1.35. The van der Waals surface area contributed by atoms with Gasteiger partial charge in [0.1, 0.15) is 10.6 Å². The molecule has 8 heteroatoms. The van der Waals surface area contributed by atoms with E-state index in [9.17, 15) is 4.79 Å². The SMILES string of the molecule is CCn1c2ccccc2c2cc(NC(=O)c3cc4c(N5CCCCC5)nc(SC)nc4s3)ccc21. The van der Waals surface area contributed by atoms with Crippen molar-refractivity contribution in [2.45, 2.75) is 37.9 Å². The Bertz CT molecular complexity index is 1560. The van der Waals surface area contributed by atoms with Gasteiger partial charge in [-0.3, -0.25) is 4.79 Å². The molecular formula is C27H27N5OS2. The van der Waals surface area contributed by atoms with E-state index >= 15 is 0 Å². The molecule has 0 atom stereocenters. The number of benzene rings is 2. The number of aromatic nitrogens is 3. The first-order valence-electron chi connectivity index (χ1n) is 12.1. The first kappa shape index (κ1) is 22.4. The van der Waals surface area contributed by atoms with E-state index in [4.69, 9.17) is 9.97 Å². The number of rotatable bonds is 5. The lowest BCUT2D eigenvalue weighted by Crippen LogP contribution is -2.30. The molecule has 0 spiro atoms. The summed E-state index contributed by atoms with van der Waals surface area (Å²) in [6, 6.07) is 16.6. The Hall–Kier alpha value is -3.10. The zero-order valence-corrected chi connectivity index (χ0v) is 21.5. The van der Waals surface area contributed by atoms with Crippen LogP contribution in [0.4, 0.5) is 11.5 Å². The van der Waals surface area contributed by atoms with Gasteiger partial charge in [0.05, 0.1) is 10.3 Å². The quantitative estimate of drug-likeness (QED) is 0.212. The fourth-order valence-electron chi connectivity index (χ4n) is 5.10. The van der Waals surface area contributed by atoms with Crippen molar-refractivity contribution in [3.8, 4) is 0 Å². The number of hydrogen-bond acceptors (Lipinski definition) is 6. The number of carbonyl (C=O) groups excluding carboxylic acids is 1. The van der Waals surface area contributed by atoms with Crippen LogP contribution in [-0.2, 0) is 6.54 Å². The third-order valence-corrected chi connectivity index (χ3v) is 8.34. The molecule has 178 valence electrons. The van der Waals surface area contributed by atoms with Crippen LogP contribution in [0, 0.1) is 0 Å². The van der Waals surface area contributed by atoms with E-state index in [-0.39, 0.29) is 5.91 Å². The number of thiophene rings is 1. The molecule has 1 N–H and O–H groups in total. The third kappa shape index (κ3) is 3.94. The number of piperidine rings is 1. The molecule has 5 aromatic rings. The lowest BCUT2D eigenvalue weighted by Gasteiger charge is -2.28. The number of amides is 1. The predicted octanol–water partition coefficient (Wildman–Crippen LogP) is 6.78. The van der Waals surface area contributed by atoms with Gasteiger partial charge in [-0.25, -0.2) is 9.97 Å². The second kappa shape index (κ2) is 9.17. The van der Waals surface area contributed by atoms with E-state index in [0.29, 0.717) is 4.88 Å². The van der Waals surface area contributed by atoms with Gasteiger partial charge in [-0.15, -0.1) is 11.3 Å². The monoisotopic (exact) mass is 501 g/mol. The highest BCUT2D eigenvalue weighted by atomic mass is 32.2. The van der Waals surface area contributed by atoms with Gasteiger partial charge >= 0.3 is 0 Å². The van der Waals surface area contributed by atoms with Gasteiger partial charge in [0.2, 0.25) is 0 Å². The van der Waals surface area contributed by atoms with Crippen LogP contribution < -0.4 is 10.2 Å². The number of thioether (sulfide) groups is 1. The summed E-state index contributed by atoms with van der Waals surface area (Å²) in [7, 11) is 0. The van der Waals surface area contributed by atoms with Gasteiger partial charge < -0.3 is 14.8 Å². The summed E-state index contributed by atoms with van der Waals surface area (Å²) in [4.78, 5) is 26.7. The number of hydrogen-bond donors (Lipinski definition) is 1. The Labute approximate surface area is 212 Å². The number of fused-ring (bicyclic) bond motifs is 4. The molecule has 1 aliphatic rings. The van der Waals surface area contributed by atoms with Gasteiger partial charge in [0.15, 0.2) is 5.16 Å². The van der Waals surface area contributed by atoms with Crippen LogP contribution in [0.25, 0.3) is 32.0 Å². The summed E-state index contributed by atoms with van der Waals surface area (Å²) in [5.74, 6) is 0.852. The normalized spacial score (nSPS) is 14.3. The minimum atomic E-state index is -0.109. The van der Waals surface area contributed by atoms with Crippen LogP contribution in [0.15, 0.2) is 53.7 Å². The molecule has 1 aliphatic heterocycles. The maximum atomic E-state index is 13.3. The molecule has 1 saturated heterocycles. The minimum absolute atomic E-state index is 0.109. The van der Waals surface area contributed by atoms with Crippen LogP contribution in [0.1, 0.15) is 35.9 Å². The molecule has 0 bridgehead atoms. The summed E-state index contributed by atoms with van der Waals surface area (Å²) >= 11 is 2.98. The summed E-state index contributed by atoms with van der Waals surface area (Å²) in [6.07, 6.45) is 5.61. The van der Waals surface area contributed by atoms with Crippen molar-refractivity contribution in [2.75, 3.05) is 29.6 Å². The van der Waals surface area contributed by atoms with Gasteiger partial charge in [0.25, 0.3) is 5.91 Å². The number of anilines is 2. The number of nitrogens with one attached hydrogen (secondary N) is 1. The fourth-order valence-corrected chi connectivity index (χ4v) is 6.44. The van der Waals surface area contributed by atoms with Gasteiger partial charge in [-0.1, -0.05) is 30.0 Å². The maximum Gasteiger partial charge on any atom is 0.265 e. The van der Waals surface area contributed by atoms with Crippen LogP contribution in [0.3, 0.4) is 0 Å². The first-order chi connectivity index (χ1) is 17.2. The Morgan fingerprint density at radius 2 is 1.80 bits per heavy atom. The molecule has 6 rings (SSSR count). The molecule has 0 unspecified atom stereocenters. The maximum absolute atomic E-state index is 13.3. The second-order valence-corrected chi connectivity index (χ2v) is 10.7. The van der Waals surface area contributed by atoms with Crippen molar-refractivity contribution >= 4 is 72.5 Å². The molecule has 2 aromatic carbocycles. The van der Waals surface area contributed by atoms with Crippen molar-refractivity contribution in [1.82, 2.24) is 14.5 Å². The summed E-state index contributed by atoms with van der Waals surface area (Å²) in [6.45, 7) is 5.06. The van der Waals surface area contributed by atoms with Gasteiger partial charge in [-0.2, -0.15) is 0 Å². The fraction of sp³-hybridized carbons (Fsp3) is 0.296. The highest BCUT2D eigenvalue weighted by Gasteiger charge is 2.21. The molecule has 0 radical (unpaired) electrons. The molecule has 4 heterocycles. The molecule has 35 heavy (non-hydrogen) atoms. The topological polar surface area (TPSA) is 63.1 Å². The second-order valence-electron chi connectivity index (χ2n) is 8.86. The summed E-state index contributed by atoms with van der Waals surface area (Å²) in [5.41, 5.74) is 3.19. The molecule has 3 aromatic heterocycles. The van der Waals surface area contributed by atoms with Crippen molar-refractivity contribution in [3.05, 3.63) is 53.4 Å². The summed E-state index contributed by atoms with van der Waals surface area (Å²) < 4.78 is 2.31. The average Bonchev–Trinajstić information content (AvgIpc) is 3.47. The van der Waals surface area contributed by atoms with E-state index in [1.54, 1.807) is 11.8 Å². The Kier molecular flexibility index (Phi) is 5.86. The van der Waals surface area contributed by atoms with E-state index in [0.717, 1.165) is 51.9 Å². The molecule has 1 amide bonds. The smallest absolute Gasteiger partial charge is 0.265 e. The molecule has 0 aliphatic carbocycles. The molecule has 0 saturated carbocycles. The van der Waals surface area contributed by atoms with E-state index in [1.165, 1.54) is 47.0 Å². The van der Waals surface area contributed by atoms with E-state index in [2.05, 4.69) is 58.1 Å². The third-order valence-electron chi connectivity index (χ3n) is 6.76. The minimum Gasteiger partial charge on any atom is -0.356 e. The summed E-state index contributed by atoms with van der Waals surface area (Å²) in [5, 5.41) is 7.21. The van der Waals surface area contributed by atoms with Gasteiger partial charge in [-0.05, 0) is 62.8 Å². The van der Waals surface area contributed by atoms with Crippen LogP contribution in [-0.4, -0.2) is 39.8 Å². The zero-order valence-electron chi connectivity index (χ0n) is 19.9. The van der Waals surface area contributed by atoms with Crippen LogP contribution in [0.2, 0.25) is 0 Å². The Morgan fingerprint density at radius 1 is 1.00 bits per heavy atom. The predicted molar refractivity (Wildman–Crippen MR) is 148 cm³/mol. The van der Waals surface area contributed by atoms with Crippen LogP contribution in [0.5, 0.6) is 0 Å². The van der Waals surface area contributed by atoms with Crippen molar-refractivity contribution in [1.29, 1.82) is 0 Å². The molecular weight excluding hydrogens is 474 g/mol. The van der Waals surface area contributed by atoms with Crippen LogP contribution >= 0.6 is 23.1 Å². The molecule has 6 nitrogen and oxygen atoms in total. The highest BCUT2D eigenvalue weighted by Crippen LogP contribution is 2.35. The largest absolute Gasteiger partial charge is 0.356 e. The average molecular weight is 502 g/mol. The number of nitrogens with zero attached hydrogens (tertiary/aromatic N) is 4. The number of carbonyl (C=O) groups is 1. The highest BCUT2D eigenvalue weighted by molar-refractivity contribution is 7.98. The standard InChI is InChI=1S/C27H27N5OS2/c1-3-32-21-10-6-5-9-18(21)19-15-17(11-12-22(19)32)28-25(33)23-16-20-24(31-13-7-4-8-14-31)29-27(34-2)30-26(20)35-23/h5-6,9-12,15-16H,3-4,7-8,13-14H2,1-2H3,(H,28,33). The van der Waals surface area contributed by atoms with E-state index in [1.807, 2.05) is 18.4 Å². The van der Waals surface area contributed by atoms with Crippen molar-refractivity contribution < 1.29 is 4.79 Å². The lowest BCUT2D eigenvalue weighted by molar-refractivity contribution is 0.103. The number of para-hydroxylation sites is 1. The van der Waals surface area contributed by atoms with E-state index < -0.39 is 0 Å². The zero-order chi connectivity index (χ0) is 23.9.